The molecule has 0 bridgehead atoms. The Morgan fingerprint density at radius 1 is 1.39 bits per heavy atom. The Morgan fingerprint density at radius 3 is 2.89 bits per heavy atom. The molecule has 0 atom stereocenters. The van der Waals surface area contributed by atoms with E-state index in [9.17, 15) is 0 Å². The minimum Gasteiger partial charge on any atom is -0.485 e. The van der Waals surface area contributed by atoms with Crippen LogP contribution in [0.5, 0.6) is 5.75 Å². The maximum Gasteiger partial charge on any atom is 0.174 e. The Balaban J connectivity index is 2.08. The van der Waals surface area contributed by atoms with E-state index < -0.39 is 0 Å². The van der Waals surface area contributed by atoms with Crippen LogP contribution < -0.4 is 10.5 Å². The van der Waals surface area contributed by atoms with E-state index in [0.717, 1.165) is 23.4 Å². The predicted octanol–water partition coefficient (Wildman–Crippen LogP) is 2.72. The van der Waals surface area contributed by atoms with Gasteiger partial charge in [-0.3, -0.25) is 0 Å². The Bertz CT molecular complexity index is 525. The van der Waals surface area contributed by atoms with Gasteiger partial charge in [-0.2, -0.15) is 0 Å². The van der Waals surface area contributed by atoms with Crippen molar-refractivity contribution in [3.8, 4) is 5.75 Å². The summed E-state index contributed by atoms with van der Waals surface area (Å²) in [5.74, 6) is 1.47. The van der Waals surface area contributed by atoms with Crippen LogP contribution in [0.2, 0.25) is 5.02 Å². The SMILES string of the molecule is Cc1cc(COc2ccc(Cl)cc2CCN)on1. The molecule has 1 heterocycles. The Morgan fingerprint density at radius 2 is 2.22 bits per heavy atom. The zero-order valence-electron chi connectivity index (χ0n) is 10.1. The topological polar surface area (TPSA) is 61.3 Å². The summed E-state index contributed by atoms with van der Waals surface area (Å²) in [6, 6.07) is 7.35. The number of rotatable bonds is 5. The number of halogens is 1. The van der Waals surface area contributed by atoms with Crippen LogP contribution in [0, 0.1) is 6.92 Å². The molecule has 0 amide bonds. The third-order valence-corrected chi connectivity index (χ3v) is 2.72. The molecule has 0 radical (unpaired) electrons. The molecule has 5 heteroatoms. The molecular weight excluding hydrogens is 252 g/mol. The Hall–Kier alpha value is -1.52. The highest BCUT2D eigenvalue weighted by atomic mass is 35.5. The highest BCUT2D eigenvalue weighted by molar-refractivity contribution is 6.30. The molecule has 0 aliphatic carbocycles. The van der Waals surface area contributed by atoms with Crippen molar-refractivity contribution < 1.29 is 9.26 Å². The van der Waals surface area contributed by atoms with E-state index in [2.05, 4.69) is 5.16 Å². The maximum atomic E-state index is 5.95. The monoisotopic (exact) mass is 266 g/mol. The summed E-state index contributed by atoms with van der Waals surface area (Å²) in [5, 5.41) is 4.49. The predicted molar refractivity (Wildman–Crippen MR) is 69.8 cm³/mol. The van der Waals surface area contributed by atoms with Gasteiger partial charge in [-0.25, -0.2) is 0 Å². The van der Waals surface area contributed by atoms with Crippen molar-refractivity contribution in [2.75, 3.05) is 6.54 Å². The van der Waals surface area contributed by atoms with Crippen LogP contribution >= 0.6 is 11.6 Å². The van der Waals surface area contributed by atoms with Crippen molar-refractivity contribution in [1.29, 1.82) is 0 Å². The third-order valence-electron chi connectivity index (χ3n) is 2.48. The lowest BCUT2D eigenvalue weighted by Gasteiger charge is -2.10. The van der Waals surface area contributed by atoms with Crippen molar-refractivity contribution in [3.63, 3.8) is 0 Å². The molecule has 1 aromatic carbocycles. The third kappa shape index (κ3) is 3.24. The first-order chi connectivity index (χ1) is 8.69. The minimum atomic E-state index is 0.347. The molecule has 0 saturated heterocycles. The quantitative estimate of drug-likeness (QED) is 0.904. The number of benzene rings is 1. The Kier molecular flexibility index (Phi) is 4.23. The smallest absolute Gasteiger partial charge is 0.174 e. The number of aryl methyl sites for hydroxylation is 1. The summed E-state index contributed by atoms with van der Waals surface area (Å²) < 4.78 is 10.8. The van der Waals surface area contributed by atoms with Gasteiger partial charge in [0.2, 0.25) is 0 Å². The number of hydrogen-bond acceptors (Lipinski definition) is 4. The second kappa shape index (κ2) is 5.89. The van der Waals surface area contributed by atoms with Gasteiger partial charge in [0.15, 0.2) is 5.76 Å². The molecule has 2 aromatic rings. The summed E-state index contributed by atoms with van der Waals surface area (Å²) in [5.41, 5.74) is 7.40. The molecule has 4 nitrogen and oxygen atoms in total. The van der Waals surface area contributed by atoms with Gasteiger partial charge in [0.05, 0.1) is 5.69 Å². The lowest BCUT2D eigenvalue weighted by Crippen LogP contribution is -2.05. The molecule has 2 N–H and O–H groups in total. The summed E-state index contributed by atoms with van der Waals surface area (Å²) in [6.45, 7) is 2.77. The van der Waals surface area contributed by atoms with E-state index in [-0.39, 0.29) is 0 Å². The lowest BCUT2D eigenvalue weighted by molar-refractivity contribution is 0.247. The van der Waals surface area contributed by atoms with Crippen LogP contribution in [-0.4, -0.2) is 11.7 Å². The number of nitrogens with zero attached hydrogens (tertiary/aromatic N) is 1. The van der Waals surface area contributed by atoms with Crippen LogP contribution in [0.1, 0.15) is 17.0 Å². The van der Waals surface area contributed by atoms with Gasteiger partial charge < -0.3 is 15.0 Å². The van der Waals surface area contributed by atoms with Gasteiger partial charge >= 0.3 is 0 Å². The highest BCUT2D eigenvalue weighted by Gasteiger charge is 2.07. The molecular formula is C13H15ClN2O2. The van der Waals surface area contributed by atoms with E-state index >= 15 is 0 Å². The van der Waals surface area contributed by atoms with Crippen molar-refractivity contribution >= 4 is 11.6 Å². The first-order valence-corrected chi connectivity index (χ1v) is 6.10. The van der Waals surface area contributed by atoms with Gasteiger partial charge in [-0.15, -0.1) is 0 Å². The molecule has 0 aliphatic rings. The fourth-order valence-electron chi connectivity index (χ4n) is 1.67. The van der Waals surface area contributed by atoms with E-state index in [1.54, 1.807) is 6.07 Å². The van der Waals surface area contributed by atoms with E-state index in [0.29, 0.717) is 23.9 Å². The molecule has 0 aliphatic heterocycles. The fourth-order valence-corrected chi connectivity index (χ4v) is 1.87. The van der Waals surface area contributed by atoms with Gasteiger partial charge in [-0.1, -0.05) is 16.8 Å². The number of aromatic nitrogens is 1. The molecule has 0 unspecified atom stereocenters. The van der Waals surface area contributed by atoms with Crippen LogP contribution in [0.15, 0.2) is 28.8 Å². The fraction of sp³-hybridized carbons (Fsp3) is 0.308. The second-order valence-electron chi connectivity index (χ2n) is 4.01. The molecule has 96 valence electrons. The summed E-state index contributed by atoms with van der Waals surface area (Å²) in [7, 11) is 0. The van der Waals surface area contributed by atoms with E-state index in [1.165, 1.54) is 0 Å². The summed E-state index contributed by atoms with van der Waals surface area (Å²) >= 11 is 5.95. The number of ether oxygens (including phenoxy) is 1. The van der Waals surface area contributed by atoms with Crippen molar-refractivity contribution in [3.05, 3.63) is 46.3 Å². The van der Waals surface area contributed by atoms with Crippen molar-refractivity contribution in [2.24, 2.45) is 5.73 Å². The number of hydrogen-bond donors (Lipinski definition) is 1. The molecule has 0 spiro atoms. The van der Waals surface area contributed by atoms with Gasteiger partial charge in [0, 0.05) is 11.1 Å². The zero-order valence-corrected chi connectivity index (χ0v) is 10.9. The normalized spacial score (nSPS) is 10.6. The second-order valence-corrected chi connectivity index (χ2v) is 4.45. The van der Waals surface area contributed by atoms with Gasteiger partial charge in [0.25, 0.3) is 0 Å². The molecule has 0 saturated carbocycles. The van der Waals surface area contributed by atoms with E-state index in [1.807, 2.05) is 25.1 Å². The standard InChI is InChI=1S/C13H15ClN2O2/c1-9-6-12(18-16-9)8-17-13-3-2-11(14)7-10(13)4-5-15/h2-3,6-7H,4-5,8,15H2,1H3. The first-order valence-electron chi connectivity index (χ1n) is 5.72. The maximum absolute atomic E-state index is 5.95. The minimum absolute atomic E-state index is 0.347. The van der Waals surface area contributed by atoms with Gasteiger partial charge in [0.1, 0.15) is 12.4 Å². The average molecular weight is 267 g/mol. The summed E-state index contributed by atoms with van der Waals surface area (Å²) in [6.07, 6.45) is 0.728. The lowest BCUT2D eigenvalue weighted by atomic mass is 10.1. The largest absolute Gasteiger partial charge is 0.485 e. The average Bonchev–Trinajstić information content (AvgIpc) is 2.75. The van der Waals surface area contributed by atoms with Crippen LogP contribution in [0.25, 0.3) is 0 Å². The van der Waals surface area contributed by atoms with Crippen LogP contribution in [0.3, 0.4) is 0 Å². The van der Waals surface area contributed by atoms with Crippen LogP contribution in [-0.2, 0) is 13.0 Å². The van der Waals surface area contributed by atoms with Crippen molar-refractivity contribution in [1.82, 2.24) is 5.16 Å². The molecule has 0 fully saturated rings. The zero-order chi connectivity index (χ0) is 13.0. The van der Waals surface area contributed by atoms with Crippen LogP contribution in [0.4, 0.5) is 0 Å². The molecule has 18 heavy (non-hydrogen) atoms. The van der Waals surface area contributed by atoms with Crippen molar-refractivity contribution in [2.45, 2.75) is 20.0 Å². The molecule has 2 rings (SSSR count). The Labute approximate surface area is 111 Å². The van der Waals surface area contributed by atoms with E-state index in [4.69, 9.17) is 26.6 Å². The summed E-state index contributed by atoms with van der Waals surface area (Å²) in [4.78, 5) is 0. The number of nitrogens with two attached hydrogens (primary N) is 1. The highest BCUT2D eigenvalue weighted by Crippen LogP contribution is 2.24. The first kappa shape index (κ1) is 12.9. The van der Waals surface area contributed by atoms with Gasteiger partial charge in [-0.05, 0) is 43.7 Å². The molecule has 1 aromatic heterocycles.